The van der Waals surface area contributed by atoms with Crippen LogP contribution in [0.15, 0.2) is 11.6 Å². The molecule has 0 radical (unpaired) electrons. The van der Waals surface area contributed by atoms with Crippen LogP contribution in [-0.4, -0.2) is 23.3 Å². The molecule has 1 saturated heterocycles. The number of aliphatic hydroxyl groups is 1. The van der Waals surface area contributed by atoms with E-state index >= 15 is 0 Å². The van der Waals surface area contributed by atoms with E-state index in [0.717, 1.165) is 25.7 Å². The highest BCUT2D eigenvalue weighted by Gasteiger charge is 2.42. The molecule has 1 aliphatic carbocycles. The molecule has 1 N–H and O–H groups in total. The molecule has 0 spiro atoms. The summed E-state index contributed by atoms with van der Waals surface area (Å²) < 4.78 is 5.48. The lowest BCUT2D eigenvalue weighted by Gasteiger charge is -2.19. The number of carbonyl (C=O) groups excluding carboxylic acids is 1. The van der Waals surface area contributed by atoms with E-state index in [-0.39, 0.29) is 24.1 Å². The Morgan fingerprint density at radius 1 is 1.50 bits per heavy atom. The molecule has 18 heavy (non-hydrogen) atoms. The third-order valence-electron chi connectivity index (χ3n) is 4.48. The Morgan fingerprint density at radius 3 is 2.89 bits per heavy atom. The Morgan fingerprint density at radius 2 is 2.22 bits per heavy atom. The van der Waals surface area contributed by atoms with Gasteiger partial charge in [-0.15, -0.1) is 0 Å². The van der Waals surface area contributed by atoms with Gasteiger partial charge in [-0.3, -0.25) is 4.79 Å². The first-order chi connectivity index (χ1) is 8.49. The maximum atomic E-state index is 11.6. The average molecular weight is 252 g/mol. The molecule has 0 aromatic heterocycles. The number of ether oxygens (including phenoxy) is 1. The number of fused-ring (bicyclic) bond motifs is 1. The summed E-state index contributed by atoms with van der Waals surface area (Å²) in [5.41, 5.74) is 1.42. The molecule has 3 heteroatoms. The lowest BCUT2D eigenvalue weighted by atomic mass is 9.87. The fraction of sp³-hybridized carbons (Fsp3) is 0.800. The van der Waals surface area contributed by atoms with Crippen molar-refractivity contribution in [2.45, 2.75) is 58.7 Å². The van der Waals surface area contributed by atoms with Gasteiger partial charge in [0, 0.05) is 5.92 Å². The minimum atomic E-state index is -0.238. The number of hydrogen-bond donors (Lipinski definition) is 1. The second-order valence-corrected chi connectivity index (χ2v) is 5.97. The highest BCUT2D eigenvalue weighted by atomic mass is 16.6. The summed E-state index contributed by atoms with van der Waals surface area (Å²) >= 11 is 0. The first-order valence-corrected chi connectivity index (χ1v) is 7.06. The molecule has 1 unspecified atom stereocenters. The minimum Gasteiger partial charge on any atom is -0.462 e. The van der Waals surface area contributed by atoms with Crippen molar-refractivity contribution in [1.82, 2.24) is 0 Å². The van der Waals surface area contributed by atoms with E-state index in [1.54, 1.807) is 0 Å². The van der Waals surface area contributed by atoms with Crippen molar-refractivity contribution in [3.05, 3.63) is 11.6 Å². The van der Waals surface area contributed by atoms with Crippen molar-refractivity contribution in [3.8, 4) is 0 Å². The highest BCUT2D eigenvalue weighted by Crippen LogP contribution is 2.39. The van der Waals surface area contributed by atoms with Crippen molar-refractivity contribution >= 4 is 5.97 Å². The van der Waals surface area contributed by atoms with Gasteiger partial charge in [-0.2, -0.15) is 0 Å². The molecule has 0 bridgehead atoms. The van der Waals surface area contributed by atoms with Crippen LogP contribution in [0.25, 0.3) is 0 Å². The van der Waals surface area contributed by atoms with Crippen LogP contribution in [0, 0.1) is 17.8 Å². The van der Waals surface area contributed by atoms with Gasteiger partial charge in [0.2, 0.25) is 0 Å². The van der Waals surface area contributed by atoms with Crippen molar-refractivity contribution in [3.63, 3.8) is 0 Å². The lowest BCUT2D eigenvalue weighted by Crippen LogP contribution is -2.19. The van der Waals surface area contributed by atoms with E-state index in [2.05, 4.69) is 13.0 Å². The van der Waals surface area contributed by atoms with Crippen LogP contribution in [0.3, 0.4) is 0 Å². The van der Waals surface area contributed by atoms with Crippen LogP contribution >= 0.6 is 0 Å². The number of aliphatic hydroxyl groups excluding tert-OH is 1. The van der Waals surface area contributed by atoms with Gasteiger partial charge < -0.3 is 9.84 Å². The Bertz CT molecular complexity index is 346. The van der Waals surface area contributed by atoms with Crippen LogP contribution in [0.1, 0.15) is 46.5 Å². The predicted octanol–water partition coefficient (Wildman–Crippen LogP) is 2.68. The number of carbonyl (C=O) groups is 1. The molecule has 0 aromatic rings. The van der Waals surface area contributed by atoms with E-state index in [1.807, 2.05) is 13.8 Å². The van der Waals surface area contributed by atoms with E-state index < -0.39 is 0 Å². The van der Waals surface area contributed by atoms with Crippen LogP contribution in [-0.2, 0) is 9.53 Å². The third-order valence-corrected chi connectivity index (χ3v) is 4.48. The minimum absolute atomic E-state index is 0.0296. The maximum Gasteiger partial charge on any atom is 0.309 e. The summed E-state index contributed by atoms with van der Waals surface area (Å²) in [4.78, 5) is 11.6. The molecule has 2 aliphatic rings. The van der Waals surface area contributed by atoms with Crippen molar-refractivity contribution < 1.29 is 14.6 Å². The van der Waals surface area contributed by atoms with Gasteiger partial charge in [-0.05, 0) is 38.5 Å². The number of rotatable bonds is 3. The summed E-state index contributed by atoms with van der Waals surface area (Å²) in [6, 6.07) is 0. The van der Waals surface area contributed by atoms with E-state index in [1.165, 1.54) is 5.57 Å². The van der Waals surface area contributed by atoms with E-state index in [4.69, 9.17) is 4.74 Å². The van der Waals surface area contributed by atoms with Crippen LogP contribution in [0.5, 0.6) is 0 Å². The van der Waals surface area contributed by atoms with Gasteiger partial charge in [-0.1, -0.05) is 25.5 Å². The van der Waals surface area contributed by atoms with Gasteiger partial charge in [0.05, 0.1) is 12.0 Å². The molecular weight excluding hydrogens is 228 g/mol. The van der Waals surface area contributed by atoms with Crippen LogP contribution in [0.2, 0.25) is 0 Å². The monoisotopic (exact) mass is 252 g/mol. The normalized spacial score (nSPS) is 37.6. The largest absolute Gasteiger partial charge is 0.462 e. The predicted molar refractivity (Wildman–Crippen MR) is 69.9 cm³/mol. The van der Waals surface area contributed by atoms with Crippen molar-refractivity contribution in [2.24, 2.45) is 17.8 Å². The number of hydrogen-bond acceptors (Lipinski definition) is 3. The summed E-state index contributed by atoms with van der Waals surface area (Å²) in [6.07, 6.45) is 5.81. The standard InChI is InChI=1S/C15H24O3/c1-9-8-14-13(11(3)15(17)18-14)7-6-12(9)5-4-10(2)16/h6,9-11,13-14,16H,4-5,7-8H2,1-3H3/t9-,10?,11+,13+,14+/m0/s1. The molecule has 0 amide bonds. The molecule has 1 aliphatic heterocycles. The van der Waals surface area contributed by atoms with Crippen LogP contribution in [0.4, 0.5) is 0 Å². The molecule has 3 nitrogen and oxygen atoms in total. The first kappa shape index (κ1) is 13.6. The average Bonchev–Trinajstić information content (AvgIpc) is 2.46. The highest BCUT2D eigenvalue weighted by molar-refractivity contribution is 5.74. The summed E-state index contributed by atoms with van der Waals surface area (Å²) in [7, 11) is 0. The smallest absolute Gasteiger partial charge is 0.309 e. The third kappa shape index (κ3) is 2.77. The van der Waals surface area contributed by atoms with Crippen LogP contribution < -0.4 is 0 Å². The second kappa shape index (κ2) is 5.43. The topological polar surface area (TPSA) is 46.5 Å². The molecule has 1 heterocycles. The van der Waals surface area contributed by atoms with Gasteiger partial charge >= 0.3 is 5.97 Å². The molecule has 5 atom stereocenters. The van der Waals surface area contributed by atoms with Gasteiger partial charge in [0.25, 0.3) is 0 Å². The van der Waals surface area contributed by atoms with Gasteiger partial charge in [-0.25, -0.2) is 0 Å². The Labute approximate surface area is 109 Å². The fourth-order valence-electron chi connectivity index (χ4n) is 3.13. The molecule has 0 saturated carbocycles. The zero-order valence-corrected chi connectivity index (χ0v) is 11.6. The van der Waals surface area contributed by atoms with Gasteiger partial charge in [0.1, 0.15) is 6.10 Å². The summed E-state index contributed by atoms with van der Waals surface area (Å²) in [5.74, 6) is 0.813. The van der Waals surface area contributed by atoms with E-state index in [9.17, 15) is 9.90 Å². The molecule has 2 rings (SSSR count). The Hall–Kier alpha value is -0.830. The molecule has 0 aromatic carbocycles. The lowest BCUT2D eigenvalue weighted by molar-refractivity contribution is -0.144. The number of allylic oxidation sites excluding steroid dienone is 2. The Balaban J connectivity index is 2.03. The SMILES string of the molecule is CC(O)CCC1=CC[C@H]2[C@@H](C[C@@H]1C)OC(=O)[C@@H]2C. The zero-order valence-electron chi connectivity index (χ0n) is 11.6. The quantitative estimate of drug-likeness (QED) is 0.620. The van der Waals surface area contributed by atoms with Gasteiger partial charge in [0.15, 0.2) is 0 Å². The molecular formula is C15H24O3. The maximum absolute atomic E-state index is 11.6. The number of esters is 1. The summed E-state index contributed by atoms with van der Waals surface area (Å²) in [5, 5.41) is 9.38. The van der Waals surface area contributed by atoms with Crippen molar-refractivity contribution in [1.29, 1.82) is 0 Å². The first-order valence-electron chi connectivity index (χ1n) is 7.06. The summed E-state index contributed by atoms with van der Waals surface area (Å²) in [6.45, 7) is 6.01. The second-order valence-electron chi connectivity index (χ2n) is 5.97. The fourth-order valence-corrected chi connectivity index (χ4v) is 3.13. The molecule has 102 valence electrons. The zero-order chi connectivity index (χ0) is 13.3. The van der Waals surface area contributed by atoms with Crippen molar-refractivity contribution in [2.75, 3.05) is 0 Å². The Kier molecular flexibility index (Phi) is 4.10. The molecule has 1 fully saturated rings. The van der Waals surface area contributed by atoms with E-state index in [0.29, 0.717) is 11.8 Å².